The van der Waals surface area contributed by atoms with Gasteiger partial charge in [0.25, 0.3) is 0 Å². The Balaban J connectivity index is 2.35. The molecule has 0 radical (unpaired) electrons. The van der Waals surface area contributed by atoms with Crippen LogP contribution in [0.2, 0.25) is 0 Å². The first-order valence-electron chi connectivity index (χ1n) is 9.94. The highest BCUT2D eigenvalue weighted by Crippen LogP contribution is 2.49. The first-order chi connectivity index (χ1) is 12.6. The van der Waals surface area contributed by atoms with Gasteiger partial charge >= 0.3 is 11.9 Å². The van der Waals surface area contributed by atoms with Crippen LogP contribution in [0, 0.1) is 11.8 Å². The monoisotopic (exact) mass is 378 g/mol. The van der Waals surface area contributed by atoms with Crippen LogP contribution >= 0.6 is 0 Å². The van der Waals surface area contributed by atoms with E-state index in [9.17, 15) is 9.59 Å². The second-order valence-corrected chi connectivity index (χ2v) is 8.39. The lowest BCUT2D eigenvalue weighted by Crippen LogP contribution is -2.42. The van der Waals surface area contributed by atoms with Crippen molar-refractivity contribution in [3.8, 4) is 0 Å². The fourth-order valence-corrected chi connectivity index (χ4v) is 3.88. The number of carbonyl (C=O) groups is 2. The van der Waals surface area contributed by atoms with Crippen LogP contribution in [0.15, 0.2) is 23.3 Å². The van der Waals surface area contributed by atoms with Crippen molar-refractivity contribution in [3.63, 3.8) is 0 Å². The molecule has 5 unspecified atom stereocenters. The Morgan fingerprint density at radius 1 is 1.30 bits per heavy atom. The molecule has 1 aliphatic heterocycles. The van der Waals surface area contributed by atoms with Crippen molar-refractivity contribution < 1.29 is 23.8 Å². The minimum absolute atomic E-state index is 0.191. The molecule has 152 valence electrons. The SMILES string of the molecule is C/C=C(/C)C(=O)OC1C/C=C(\C)CCC(C(C)C)C(OC(C)=O)C2OC12C. The number of allylic oxidation sites excluding steroid dienone is 2. The van der Waals surface area contributed by atoms with E-state index in [2.05, 4.69) is 26.8 Å². The van der Waals surface area contributed by atoms with Crippen molar-refractivity contribution in [2.75, 3.05) is 0 Å². The quantitative estimate of drug-likeness (QED) is 0.315. The van der Waals surface area contributed by atoms with Crippen LogP contribution in [0.1, 0.15) is 67.7 Å². The Labute approximate surface area is 163 Å². The van der Waals surface area contributed by atoms with Crippen LogP contribution in [0.3, 0.4) is 0 Å². The Morgan fingerprint density at radius 2 is 1.96 bits per heavy atom. The number of fused-ring (bicyclic) bond motifs is 1. The molecule has 0 spiro atoms. The normalized spacial score (nSPS) is 36.3. The summed E-state index contributed by atoms with van der Waals surface area (Å²) < 4.78 is 17.6. The summed E-state index contributed by atoms with van der Waals surface area (Å²) in [6, 6.07) is 0. The lowest BCUT2D eigenvalue weighted by atomic mass is 9.79. The molecule has 0 N–H and O–H groups in total. The maximum Gasteiger partial charge on any atom is 0.333 e. The summed E-state index contributed by atoms with van der Waals surface area (Å²) in [5.74, 6) is -0.0891. The molecule has 0 bridgehead atoms. The lowest BCUT2D eigenvalue weighted by molar-refractivity contribution is -0.152. The van der Waals surface area contributed by atoms with Crippen LogP contribution in [-0.4, -0.2) is 35.9 Å². The predicted molar refractivity (Wildman–Crippen MR) is 104 cm³/mol. The molecule has 2 aliphatic rings. The minimum atomic E-state index is -0.648. The van der Waals surface area contributed by atoms with Crippen LogP contribution in [0.25, 0.3) is 0 Å². The van der Waals surface area contributed by atoms with Gasteiger partial charge in [0.2, 0.25) is 0 Å². The zero-order valence-corrected chi connectivity index (χ0v) is 17.7. The van der Waals surface area contributed by atoms with E-state index in [1.807, 2.05) is 13.8 Å². The predicted octanol–water partition coefficient (Wildman–Crippen LogP) is 4.36. The summed E-state index contributed by atoms with van der Waals surface area (Å²) in [6.07, 6.45) is 5.36. The molecule has 5 heteroatoms. The Bertz CT molecular complexity index is 633. The van der Waals surface area contributed by atoms with Gasteiger partial charge in [-0.1, -0.05) is 31.6 Å². The molecule has 5 nitrogen and oxygen atoms in total. The molecule has 1 fully saturated rings. The van der Waals surface area contributed by atoms with Crippen molar-refractivity contribution in [2.24, 2.45) is 11.8 Å². The van der Waals surface area contributed by atoms with Crippen molar-refractivity contribution in [3.05, 3.63) is 23.3 Å². The average Bonchev–Trinajstić information content (AvgIpc) is 3.28. The number of epoxide rings is 1. The third-order valence-electron chi connectivity index (χ3n) is 5.96. The molecule has 0 saturated carbocycles. The molecule has 0 amide bonds. The standard InChI is InChI=1S/C22H34O5/c1-8-15(5)21(24)26-18-12-10-14(4)9-11-17(13(2)3)19(25-16(6)23)20-22(18,7)27-20/h8,10,13,17-20H,9,11-12H2,1-7H3/b14-10+,15-8-. The zero-order valence-electron chi connectivity index (χ0n) is 17.7. The second kappa shape index (κ2) is 8.59. The minimum Gasteiger partial charge on any atom is -0.459 e. The van der Waals surface area contributed by atoms with Gasteiger partial charge < -0.3 is 14.2 Å². The summed E-state index contributed by atoms with van der Waals surface area (Å²) >= 11 is 0. The highest BCUT2D eigenvalue weighted by Gasteiger charge is 2.64. The largest absolute Gasteiger partial charge is 0.459 e. The van der Waals surface area contributed by atoms with Gasteiger partial charge in [0.15, 0.2) is 0 Å². The molecule has 0 aromatic carbocycles. The van der Waals surface area contributed by atoms with E-state index in [4.69, 9.17) is 14.2 Å². The lowest BCUT2D eigenvalue weighted by Gasteiger charge is -2.31. The third-order valence-corrected chi connectivity index (χ3v) is 5.96. The number of ether oxygens (including phenoxy) is 3. The van der Waals surface area contributed by atoms with Gasteiger partial charge in [-0.15, -0.1) is 0 Å². The molecule has 1 saturated heterocycles. The third kappa shape index (κ3) is 5.01. The smallest absolute Gasteiger partial charge is 0.333 e. The van der Waals surface area contributed by atoms with Gasteiger partial charge in [-0.25, -0.2) is 4.79 Å². The molecule has 27 heavy (non-hydrogen) atoms. The van der Waals surface area contributed by atoms with Gasteiger partial charge in [0.05, 0.1) is 0 Å². The summed E-state index contributed by atoms with van der Waals surface area (Å²) in [6.45, 7) is 13.4. The van der Waals surface area contributed by atoms with Crippen molar-refractivity contribution >= 4 is 11.9 Å². The maximum atomic E-state index is 12.4. The first-order valence-corrected chi connectivity index (χ1v) is 9.94. The molecule has 1 heterocycles. The fourth-order valence-electron chi connectivity index (χ4n) is 3.88. The summed E-state index contributed by atoms with van der Waals surface area (Å²) in [5, 5.41) is 0. The number of carbonyl (C=O) groups excluding carboxylic acids is 2. The van der Waals surface area contributed by atoms with Gasteiger partial charge in [0, 0.05) is 24.8 Å². The van der Waals surface area contributed by atoms with E-state index in [1.165, 1.54) is 12.5 Å². The molecule has 1 aliphatic carbocycles. The van der Waals surface area contributed by atoms with E-state index in [0.717, 1.165) is 12.8 Å². The average molecular weight is 379 g/mol. The Kier molecular flexibility index (Phi) is 6.90. The van der Waals surface area contributed by atoms with Crippen molar-refractivity contribution in [1.29, 1.82) is 0 Å². The van der Waals surface area contributed by atoms with Gasteiger partial charge in [-0.2, -0.15) is 0 Å². The highest BCUT2D eigenvalue weighted by atomic mass is 16.7. The molecular formula is C22H34O5. The van der Waals surface area contributed by atoms with Crippen LogP contribution in [0.5, 0.6) is 0 Å². The topological polar surface area (TPSA) is 65.1 Å². The van der Waals surface area contributed by atoms with Crippen LogP contribution in [0.4, 0.5) is 0 Å². The van der Waals surface area contributed by atoms with Gasteiger partial charge in [0.1, 0.15) is 23.9 Å². The first kappa shape index (κ1) is 21.7. The Hall–Kier alpha value is -1.62. The van der Waals surface area contributed by atoms with E-state index in [1.54, 1.807) is 13.0 Å². The molecule has 5 atom stereocenters. The maximum absolute atomic E-state index is 12.4. The molecular weight excluding hydrogens is 344 g/mol. The summed E-state index contributed by atoms with van der Waals surface area (Å²) in [5.41, 5.74) is 1.18. The van der Waals surface area contributed by atoms with E-state index in [0.29, 0.717) is 17.9 Å². The Morgan fingerprint density at radius 3 is 2.52 bits per heavy atom. The molecule has 2 rings (SSSR count). The summed E-state index contributed by atoms with van der Waals surface area (Å²) in [4.78, 5) is 24.1. The van der Waals surface area contributed by atoms with Gasteiger partial charge in [-0.05, 0) is 46.5 Å². The second-order valence-electron chi connectivity index (χ2n) is 8.39. The van der Waals surface area contributed by atoms with Crippen LogP contribution < -0.4 is 0 Å². The molecule has 0 aromatic heterocycles. The van der Waals surface area contributed by atoms with E-state index in [-0.39, 0.29) is 30.1 Å². The zero-order chi connectivity index (χ0) is 20.4. The number of rotatable bonds is 4. The molecule has 0 aromatic rings. The number of hydrogen-bond donors (Lipinski definition) is 0. The van der Waals surface area contributed by atoms with Crippen molar-refractivity contribution in [1.82, 2.24) is 0 Å². The van der Waals surface area contributed by atoms with Gasteiger partial charge in [-0.3, -0.25) is 4.79 Å². The number of hydrogen-bond acceptors (Lipinski definition) is 5. The number of esters is 2. The van der Waals surface area contributed by atoms with Crippen LogP contribution in [-0.2, 0) is 23.8 Å². The van der Waals surface area contributed by atoms with E-state index < -0.39 is 11.7 Å². The van der Waals surface area contributed by atoms with E-state index >= 15 is 0 Å². The fraction of sp³-hybridized carbons (Fsp3) is 0.727. The van der Waals surface area contributed by atoms with Crippen molar-refractivity contribution in [2.45, 2.75) is 91.6 Å². The highest BCUT2D eigenvalue weighted by molar-refractivity contribution is 5.87. The summed E-state index contributed by atoms with van der Waals surface area (Å²) in [7, 11) is 0.